The number of carbonyl (C=O) groups is 2. The van der Waals surface area contributed by atoms with Gasteiger partial charge in [0.2, 0.25) is 0 Å². The maximum atomic E-state index is 12.0. The minimum atomic E-state index is -0.600. The predicted molar refractivity (Wildman–Crippen MR) is 137 cm³/mol. The number of nitrogens with one attached hydrogen (secondary N) is 1. The number of aryl methyl sites for hydroxylation is 2. The van der Waals surface area contributed by atoms with E-state index in [4.69, 9.17) is 39.5 Å². The average molecular weight is 556 g/mol. The Labute approximate surface area is 223 Å². The van der Waals surface area contributed by atoms with Crippen molar-refractivity contribution >= 4 is 58.2 Å². The van der Waals surface area contributed by atoms with Crippen LogP contribution in [0.2, 0.25) is 15.3 Å². The van der Waals surface area contributed by atoms with E-state index in [0.717, 1.165) is 24.1 Å². The molecule has 13 heteroatoms. The normalized spacial score (nSPS) is 10.2. The number of hydrogen-bond acceptors (Lipinski definition) is 10. The molecular weight excluding hydrogens is 531 g/mol. The highest BCUT2D eigenvalue weighted by Gasteiger charge is 2.17. The fraction of sp³-hybridized carbons (Fsp3) is 0.348. The SMILES string of the molecule is CCCc1cc(C)cc(Nc2cc(Cl)nnc2C(=O)OCC)n1.CCOC(=O)c1nnc(Cl)cc1Cl. The van der Waals surface area contributed by atoms with Crippen LogP contribution in [-0.2, 0) is 15.9 Å². The number of anilines is 2. The maximum absolute atomic E-state index is 12.0. The molecule has 10 nitrogen and oxygen atoms in total. The summed E-state index contributed by atoms with van der Waals surface area (Å²) >= 11 is 17.1. The van der Waals surface area contributed by atoms with Crippen LogP contribution in [0.5, 0.6) is 0 Å². The van der Waals surface area contributed by atoms with Gasteiger partial charge in [-0.25, -0.2) is 14.6 Å². The second kappa shape index (κ2) is 14.5. The molecule has 0 aliphatic rings. The van der Waals surface area contributed by atoms with Gasteiger partial charge in [0.25, 0.3) is 0 Å². The summed E-state index contributed by atoms with van der Waals surface area (Å²) in [5.74, 6) is -0.527. The van der Waals surface area contributed by atoms with Crippen molar-refractivity contribution in [2.75, 3.05) is 18.5 Å². The topological polar surface area (TPSA) is 129 Å². The first-order valence-corrected chi connectivity index (χ1v) is 12.1. The molecule has 1 N–H and O–H groups in total. The highest BCUT2D eigenvalue weighted by atomic mass is 35.5. The van der Waals surface area contributed by atoms with Gasteiger partial charge in [-0.15, -0.1) is 20.4 Å². The second-order valence-corrected chi connectivity index (χ2v) is 8.31. The molecule has 36 heavy (non-hydrogen) atoms. The highest BCUT2D eigenvalue weighted by molar-refractivity contribution is 6.35. The summed E-state index contributed by atoms with van der Waals surface area (Å²) in [6, 6.07) is 6.80. The van der Waals surface area contributed by atoms with Gasteiger partial charge in [0.1, 0.15) is 5.82 Å². The second-order valence-electron chi connectivity index (χ2n) is 7.13. The van der Waals surface area contributed by atoms with E-state index in [9.17, 15) is 9.59 Å². The number of carbonyl (C=O) groups excluding carboxylic acids is 2. The fourth-order valence-electron chi connectivity index (χ4n) is 2.82. The van der Waals surface area contributed by atoms with Gasteiger partial charge in [-0.05, 0) is 51.0 Å². The summed E-state index contributed by atoms with van der Waals surface area (Å²) < 4.78 is 9.67. The number of ether oxygens (including phenoxy) is 2. The van der Waals surface area contributed by atoms with Crippen LogP contribution in [0.4, 0.5) is 11.5 Å². The van der Waals surface area contributed by atoms with E-state index in [1.54, 1.807) is 13.8 Å². The van der Waals surface area contributed by atoms with Crippen molar-refractivity contribution in [3.63, 3.8) is 0 Å². The van der Waals surface area contributed by atoms with Crippen LogP contribution in [0, 0.1) is 6.92 Å². The van der Waals surface area contributed by atoms with Gasteiger partial charge in [0.15, 0.2) is 21.7 Å². The third-order valence-electron chi connectivity index (χ3n) is 4.21. The third-order valence-corrected chi connectivity index (χ3v) is 4.87. The zero-order chi connectivity index (χ0) is 26.7. The van der Waals surface area contributed by atoms with Gasteiger partial charge in [-0.1, -0.05) is 48.1 Å². The van der Waals surface area contributed by atoms with Gasteiger partial charge in [0, 0.05) is 11.8 Å². The van der Waals surface area contributed by atoms with Crippen LogP contribution >= 0.6 is 34.8 Å². The van der Waals surface area contributed by atoms with E-state index in [2.05, 4.69) is 42.4 Å². The largest absolute Gasteiger partial charge is 0.461 e. The van der Waals surface area contributed by atoms with Gasteiger partial charge in [-0.3, -0.25) is 0 Å². The minimum Gasteiger partial charge on any atom is -0.461 e. The van der Waals surface area contributed by atoms with Gasteiger partial charge >= 0.3 is 11.9 Å². The molecule has 0 atom stereocenters. The van der Waals surface area contributed by atoms with E-state index in [0.29, 0.717) is 11.5 Å². The molecule has 0 spiro atoms. The molecule has 192 valence electrons. The zero-order valence-electron chi connectivity index (χ0n) is 20.1. The molecule has 0 bridgehead atoms. The minimum absolute atomic E-state index is 0.0204. The van der Waals surface area contributed by atoms with Crippen LogP contribution < -0.4 is 5.32 Å². The van der Waals surface area contributed by atoms with Crippen molar-refractivity contribution in [1.82, 2.24) is 25.4 Å². The first kappa shape index (κ1) is 29.2. The molecule has 0 amide bonds. The van der Waals surface area contributed by atoms with Crippen LogP contribution in [-0.4, -0.2) is 50.5 Å². The maximum Gasteiger partial charge on any atom is 0.361 e. The molecule has 3 aromatic heterocycles. The Morgan fingerprint density at radius 1 is 0.833 bits per heavy atom. The Morgan fingerprint density at radius 2 is 1.42 bits per heavy atom. The van der Waals surface area contributed by atoms with Crippen LogP contribution in [0.15, 0.2) is 24.3 Å². The first-order valence-electron chi connectivity index (χ1n) is 11.0. The first-order chi connectivity index (χ1) is 17.2. The molecular formula is C23H25Cl3N6O4. The van der Waals surface area contributed by atoms with Gasteiger partial charge in [0.05, 0.1) is 23.9 Å². The van der Waals surface area contributed by atoms with Crippen molar-refractivity contribution in [3.8, 4) is 0 Å². The predicted octanol–water partition coefficient (Wildman–Crippen LogP) is 5.67. The molecule has 0 saturated carbocycles. The lowest BCUT2D eigenvalue weighted by atomic mass is 10.2. The standard InChI is InChI=1S/C16H19ClN4O2.C7H6Cl2N2O2/c1-4-6-11-7-10(3)8-14(18-11)19-12-9-13(17)20-21-15(12)16(22)23-5-2;1-2-13-7(12)6-4(8)3-5(9)10-11-6/h7-9H,4-6H2,1-3H3,(H,18,19,20);3H,2H2,1H3. The van der Waals surface area contributed by atoms with E-state index >= 15 is 0 Å². The number of aromatic nitrogens is 5. The molecule has 0 aliphatic carbocycles. The number of rotatable bonds is 8. The molecule has 0 unspecified atom stereocenters. The summed E-state index contributed by atoms with van der Waals surface area (Å²) in [7, 11) is 0. The lowest BCUT2D eigenvalue weighted by molar-refractivity contribution is 0.0509. The molecule has 0 aromatic carbocycles. The number of halogens is 3. The average Bonchev–Trinajstić information content (AvgIpc) is 2.79. The Hall–Kier alpha value is -3.08. The van der Waals surface area contributed by atoms with Gasteiger partial charge in [-0.2, -0.15) is 0 Å². The van der Waals surface area contributed by atoms with Crippen molar-refractivity contribution in [2.24, 2.45) is 0 Å². The molecule has 0 aliphatic heterocycles. The summed E-state index contributed by atoms with van der Waals surface area (Å²) in [5, 5.41) is 18.1. The molecule has 3 aromatic rings. The monoisotopic (exact) mass is 554 g/mol. The van der Waals surface area contributed by atoms with E-state index < -0.39 is 11.9 Å². The molecule has 0 radical (unpaired) electrons. The summed E-state index contributed by atoms with van der Waals surface area (Å²) in [5.41, 5.74) is 2.55. The molecule has 3 heterocycles. The van der Waals surface area contributed by atoms with Crippen LogP contribution in [0.1, 0.15) is 59.4 Å². The molecule has 0 fully saturated rings. The lowest BCUT2D eigenvalue weighted by Crippen LogP contribution is -2.12. The zero-order valence-corrected chi connectivity index (χ0v) is 22.4. The van der Waals surface area contributed by atoms with Crippen LogP contribution in [0.3, 0.4) is 0 Å². The van der Waals surface area contributed by atoms with Crippen LogP contribution in [0.25, 0.3) is 0 Å². The number of pyridine rings is 1. The van der Waals surface area contributed by atoms with Crippen molar-refractivity contribution in [2.45, 2.75) is 40.5 Å². The third kappa shape index (κ3) is 8.85. The van der Waals surface area contributed by atoms with E-state index in [1.165, 1.54) is 12.1 Å². The Balaban J connectivity index is 0.000000297. The Bertz CT molecular complexity index is 1210. The van der Waals surface area contributed by atoms with Crippen molar-refractivity contribution < 1.29 is 19.1 Å². The number of esters is 2. The van der Waals surface area contributed by atoms with E-state index in [1.807, 2.05) is 19.1 Å². The quantitative estimate of drug-likeness (QED) is 0.347. The highest BCUT2D eigenvalue weighted by Crippen LogP contribution is 2.23. The summed E-state index contributed by atoms with van der Waals surface area (Å²) in [4.78, 5) is 27.6. The van der Waals surface area contributed by atoms with Crippen molar-refractivity contribution in [3.05, 3.63) is 62.2 Å². The molecule has 0 saturated heterocycles. The van der Waals surface area contributed by atoms with E-state index in [-0.39, 0.29) is 39.9 Å². The number of nitrogens with zero attached hydrogens (tertiary/aromatic N) is 5. The van der Waals surface area contributed by atoms with Gasteiger partial charge < -0.3 is 14.8 Å². The van der Waals surface area contributed by atoms with Crippen molar-refractivity contribution in [1.29, 1.82) is 0 Å². The summed E-state index contributed by atoms with van der Waals surface area (Å²) in [6.07, 6.45) is 1.89. The lowest BCUT2D eigenvalue weighted by Gasteiger charge is -2.11. The molecule has 3 rings (SSSR count). The number of hydrogen-bond donors (Lipinski definition) is 1. The summed E-state index contributed by atoms with van der Waals surface area (Å²) in [6.45, 7) is 8.03. The fourth-order valence-corrected chi connectivity index (χ4v) is 3.39. The smallest absolute Gasteiger partial charge is 0.361 e. The Morgan fingerprint density at radius 3 is 2.00 bits per heavy atom. The Kier molecular flexibility index (Phi) is 11.7.